The highest BCUT2D eigenvalue weighted by atomic mass is 16.6. The summed E-state index contributed by atoms with van der Waals surface area (Å²) >= 11 is 0. The van der Waals surface area contributed by atoms with Crippen molar-refractivity contribution in [1.29, 1.82) is 0 Å². The Bertz CT molecular complexity index is 1180. The van der Waals surface area contributed by atoms with Crippen molar-refractivity contribution in [3.05, 3.63) is 89.0 Å². The molecule has 176 valence electrons. The topological polar surface area (TPSA) is 66.0 Å². The van der Waals surface area contributed by atoms with E-state index in [0.717, 1.165) is 47.6 Å². The van der Waals surface area contributed by atoms with Crippen LogP contribution in [0.2, 0.25) is 0 Å². The fraction of sp³-hybridized carbons (Fsp3) is 0.321. The standard InChI is InChI=1S/C28H29NO5/c1-31-21-10-5-9-19(15-21)27-26(17-20-16-22(32-2)13-14-25(20)33-27)34-28(30)29-24-12-6-8-18-7-3-4-11-23(18)24/h3-5,7,9-11,13-16,24,26-27H,6,8,12,17H2,1-2H3,(H,29,30)/t24-,26-,27-/m0/s1. The van der Waals surface area contributed by atoms with Gasteiger partial charge in [-0.05, 0) is 66.3 Å². The van der Waals surface area contributed by atoms with Gasteiger partial charge in [-0.15, -0.1) is 0 Å². The lowest BCUT2D eigenvalue weighted by molar-refractivity contribution is 0.00174. The summed E-state index contributed by atoms with van der Waals surface area (Å²) in [6.07, 6.45) is 2.08. The molecule has 1 aliphatic heterocycles. The van der Waals surface area contributed by atoms with Gasteiger partial charge >= 0.3 is 6.09 Å². The van der Waals surface area contributed by atoms with Crippen LogP contribution in [0.15, 0.2) is 66.7 Å². The molecule has 0 saturated carbocycles. The van der Waals surface area contributed by atoms with Crippen LogP contribution in [0.5, 0.6) is 17.2 Å². The Morgan fingerprint density at radius 3 is 2.62 bits per heavy atom. The third-order valence-corrected chi connectivity index (χ3v) is 6.62. The second-order valence-electron chi connectivity index (χ2n) is 8.72. The van der Waals surface area contributed by atoms with E-state index in [4.69, 9.17) is 18.9 Å². The SMILES string of the molecule is COc1cccc([C@@H]2Oc3ccc(OC)cc3C[C@@H]2OC(=O)N[C@H]2CCCc3ccccc32)c1. The Labute approximate surface area is 199 Å². The van der Waals surface area contributed by atoms with E-state index < -0.39 is 18.3 Å². The Hall–Kier alpha value is -3.67. The summed E-state index contributed by atoms with van der Waals surface area (Å²) in [7, 11) is 3.26. The van der Waals surface area contributed by atoms with Gasteiger partial charge < -0.3 is 24.3 Å². The van der Waals surface area contributed by atoms with Crippen molar-refractivity contribution in [3.8, 4) is 17.2 Å². The summed E-state index contributed by atoms with van der Waals surface area (Å²) in [5.41, 5.74) is 4.29. The lowest BCUT2D eigenvalue weighted by atomic mass is 9.88. The molecule has 5 rings (SSSR count). The molecule has 34 heavy (non-hydrogen) atoms. The van der Waals surface area contributed by atoms with Gasteiger partial charge in [0.1, 0.15) is 23.4 Å². The summed E-state index contributed by atoms with van der Waals surface area (Å²) < 4.78 is 23.2. The summed E-state index contributed by atoms with van der Waals surface area (Å²) in [6.45, 7) is 0. The van der Waals surface area contributed by atoms with Crippen LogP contribution in [0, 0.1) is 0 Å². The van der Waals surface area contributed by atoms with Crippen molar-refractivity contribution in [2.24, 2.45) is 0 Å². The largest absolute Gasteiger partial charge is 0.497 e. The summed E-state index contributed by atoms with van der Waals surface area (Å²) in [6, 6.07) is 21.6. The third kappa shape index (κ3) is 4.53. The fourth-order valence-corrected chi connectivity index (χ4v) is 4.92. The van der Waals surface area contributed by atoms with Gasteiger partial charge in [0.05, 0.1) is 20.3 Å². The number of nitrogens with one attached hydrogen (secondary N) is 1. The normalized spacial score (nSPS) is 20.8. The smallest absolute Gasteiger partial charge is 0.408 e. The van der Waals surface area contributed by atoms with Crippen LogP contribution in [-0.4, -0.2) is 26.4 Å². The first kappa shape index (κ1) is 22.1. The zero-order chi connectivity index (χ0) is 23.5. The maximum Gasteiger partial charge on any atom is 0.408 e. The van der Waals surface area contributed by atoms with E-state index in [0.29, 0.717) is 6.42 Å². The van der Waals surface area contributed by atoms with Gasteiger partial charge in [0.25, 0.3) is 0 Å². The molecule has 0 bridgehead atoms. The van der Waals surface area contributed by atoms with Gasteiger partial charge in [0, 0.05) is 12.0 Å². The second kappa shape index (κ2) is 9.67. The number of aryl methyl sites for hydroxylation is 1. The number of hydrogen-bond acceptors (Lipinski definition) is 5. The summed E-state index contributed by atoms with van der Waals surface area (Å²) in [4.78, 5) is 13.1. The van der Waals surface area contributed by atoms with Gasteiger partial charge in [0.2, 0.25) is 0 Å². The first-order valence-corrected chi connectivity index (χ1v) is 11.7. The number of ether oxygens (including phenoxy) is 4. The fourth-order valence-electron chi connectivity index (χ4n) is 4.92. The average Bonchev–Trinajstić information content (AvgIpc) is 2.88. The molecule has 3 atom stereocenters. The minimum Gasteiger partial charge on any atom is -0.497 e. The molecule has 1 heterocycles. The zero-order valence-electron chi connectivity index (χ0n) is 19.5. The number of benzene rings is 3. The molecule has 0 saturated heterocycles. The quantitative estimate of drug-likeness (QED) is 0.542. The summed E-state index contributed by atoms with van der Waals surface area (Å²) in [5.74, 6) is 2.22. The molecule has 0 radical (unpaired) electrons. The highest BCUT2D eigenvalue weighted by molar-refractivity contribution is 5.68. The van der Waals surface area contributed by atoms with E-state index in [1.165, 1.54) is 11.1 Å². The van der Waals surface area contributed by atoms with E-state index in [2.05, 4.69) is 17.4 Å². The van der Waals surface area contributed by atoms with Crippen LogP contribution in [0.25, 0.3) is 0 Å². The van der Waals surface area contributed by atoms with Gasteiger partial charge in [-0.25, -0.2) is 4.79 Å². The second-order valence-corrected chi connectivity index (χ2v) is 8.72. The number of rotatable bonds is 5. The molecule has 2 aliphatic rings. The number of methoxy groups -OCH3 is 2. The van der Waals surface area contributed by atoms with E-state index in [1.54, 1.807) is 14.2 Å². The van der Waals surface area contributed by atoms with Crippen LogP contribution in [0.4, 0.5) is 4.79 Å². The first-order valence-electron chi connectivity index (χ1n) is 11.7. The van der Waals surface area contributed by atoms with E-state index in [1.807, 2.05) is 54.6 Å². The van der Waals surface area contributed by atoms with Crippen LogP contribution in [0.3, 0.4) is 0 Å². The van der Waals surface area contributed by atoms with Gasteiger partial charge in [-0.2, -0.15) is 0 Å². The molecule has 0 spiro atoms. The van der Waals surface area contributed by atoms with E-state index >= 15 is 0 Å². The van der Waals surface area contributed by atoms with Gasteiger partial charge in [-0.1, -0.05) is 36.4 Å². The van der Waals surface area contributed by atoms with Crippen molar-refractivity contribution < 1.29 is 23.7 Å². The molecule has 0 aromatic heterocycles. The number of hydrogen-bond donors (Lipinski definition) is 1. The third-order valence-electron chi connectivity index (χ3n) is 6.62. The zero-order valence-corrected chi connectivity index (χ0v) is 19.5. The molecule has 3 aromatic rings. The summed E-state index contributed by atoms with van der Waals surface area (Å²) in [5, 5.41) is 3.10. The van der Waals surface area contributed by atoms with Crippen molar-refractivity contribution in [2.45, 2.75) is 43.9 Å². The minimum atomic E-state index is -0.509. The molecule has 1 aliphatic carbocycles. The predicted molar refractivity (Wildman–Crippen MR) is 129 cm³/mol. The molecular weight excluding hydrogens is 430 g/mol. The van der Waals surface area contributed by atoms with Gasteiger partial charge in [0.15, 0.2) is 6.10 Å². The molecule has 0 fully saturated rings. The Morgan fingerprint density at radius 1 is 0.941 bits per heavy atom. The van der Waals surface area contributed by atoms with Crippen molar-refractivity contribution >= 4 is 6.09 Å². The Kier molecular flexibility index (Phi) is 6.30. The lowest BCUT2D eigenvalue weighted by Gasteiger charge is -2.34. The predicted octanol–water partition coefficient (Wildman–Crippen LogP) is 5.55. The van der Waals surface area contributed by atoms with Crippen LogP contribution in [-0.2, 0) is 17.6 Å². The highest BCUT2D eigenvalue weighted by Gasteiger charge is 2.35. The maximum atomic E-state index is 13.1. The average molecular weight is 460 g/mol. The van der Waals surface area contributed by atoms with E-state index in [9.17, 15) is 4.79 Å². The molecule has 1 N–H and O–H groups in total. The number of carbonyl (C=O) groups is 1. The first-order chi connectivity index (χ1) is 16.6. The van der Waals surface area contributed by atoms with Gasteiger partial charge in [-0.3, -0.25) is 0 Å². The van der Waals surface area contributed by atoms with Crippen molar-refractivity contribution in [2.75, 3.05) is 14.2 Å². The molecule has 6 nitrogen and oxygen atoms in total. The number of fused-ring (bicyclic) bond motifs is 2. The van der Waals surface area contributed by atoms with Crippen LogP contribution < -0.4 is 19.5 Å². The Morgan fingerprint density at radius 2 is 1.76 bits per heavy atom. The number of alkyl carbamates (subject to hydrolysis) is 1. The highest BCUT2D eigenvalue weighted by Crippen LogP contribution is 2.39. The Balaban J connectivity index is 1.39. The monoisotopic (exact) mass is 459 g/mol. The minimum absolute atomic E-state index is 0.0513. The maximum absolute atomic E-state index is 13.1. The van der Waals surface area contributed by atoms with Crippen LogP contribution >= 0.6 is 0 Å². The molecule has 1 amide bonds. The van der Waals surface area contributed by atoms with Crippen molar-refractivity contribution in [3.63, 3.8) is 0 Å². The van der Waals surface area contributed by atoms with Crippen LogP contribution in [0.1, 0.15) is 47.2 Å². The van der Waals surface area contributed by atoms with E-state index in [-0.39, 0.29) is 6.04 Å². The number of carbonyl (C=O) groups excluding carboxylic acids is 1. The molecule has 6 heteroatoms. The number of amides is 1. The molecule has 3 aromatic carbocycles. The molecule has 0 unspecified atom stereocenters. The molecular formula is C28H29NO5. The lowest BCUT2D eigenvalue weighted by Crippen LogP contribution is -2.39. The van der Waals surface area contributed by atoms with Crippen molar-refractivity contribution in [1.82, 2.24) is 5.32 Å².